The molecule has 1 atom stereocenters. The van der Waals surface area contributed by atoms with Crippen LogP contribution in [-0.2, 0) is 11.3 Å². The van der Waals surface area contributed by atoms with Crippen molar-refractivity contribution in [1.29, 1.82) is 0 Å². The summed E-state index contributed by atoms with van der Waals surface area (Å²) in [6.07, 6.45) is 1.80. The van der Waals surface area contributed by atoms with Crippen LogP contribution in [0.2, 0.25) is 0 Å². The molecule has 2 amide bonds. The van der Waals surface area contributed by atoms with Crippen LogP contribution in [0.1, 0.15) is 28.8 Å². The summed E-state index contributed by atoms with van der Waals surface area (Å²) in [5, 5.41) is 4.72. The second-order valence-electron chi connectivity index (χ2n) is 5.82. The van der Waals surface area contributed by atoms with Gasteiger partial charge in [0.25, 0.3) is 5.91 Å². The molecule has 0 bridgehead atoms. The van der Waals surface area contributed by atoms with Crippen molar-refractivity contribution in [2.45, 2.75) is 25.4 Å². The molecule has 7 heteroatoms. The number of carbonyl (C=O) groups is 2. The largest absolute Gasteiger partial charge is 0.368 e. The highest BCUT2D eigenvalue weighted by Crippen LogP contribution is 2.23. The number of nitrogens with one attached hydrogen (secondary N) is 1. The van der Waals surface area contributed by atoms with Crippen molar-refractivity contribution in [2.24, 2.45) is 5.73 Å². The first-order valence-electron chi connectivity index (χ1n) is 7.70. The number of rotatable bonds is 5. The number of benzene rings is 1. The maximum atomic E-state index is 12.2. The number of likely N-dealkylation sites (tertiary alicyclic amines) is 1. The first-order valence-corrected chi connectivity index (χ1v) is 9.38. The minimum Gasteiger partial charge on any atom is -0.368 e. The van der Waals surface area contributed by atoms with Crippen molar-refractivity contribution in [3.63, 3.8) is 0 Å². The number of hydrogen-bond donors (Lipinski definition) is 2. The zero-order valence-electron chi connectivity index (χ0n) is 13.0. The van der Waals surface area contributed by atoms with E-state index in [0.717, 1.165) is 34.4 Å². The predicted molar refractivity (Wildman–Crippen MR) is 99.0 cm³/mol. The fraction of sp³-hybridized carbons (Fsp3) is 0.294. The highest BCUT2D eigenvalue weighted by atomic mass is 79.9. The standard InChI is InChI=1S/C17H18BrN3O2S/c18-15-8-12(10-24-15)17(23)20-13-4-1-3-11(7-13)9-21-6-2-5-14(21)16(19)22/h1,3-4,7-8,10,14H,2,5-6,9H2,(H2,19,22)(H,20,23). The van der Waals surface area contributed by atoms with Crippen LogP contribution in [-0.4, -0.2) is 29.3 Å². The molecule has 1 unspecified atom stereocenters. The Morgan fingerprint density at radius 1 is 1.38 bits per heavy atom. The van der Waals surface area contributed by atoms with Gasteiger partial charge in [-0.05, 0) is 59.1 Å². The van der Waals surface area contributed by atoms with Gasteiger partial charge in [0.2, 0.25) is 5.91 Å². The third-order valence-corrected chi connectivity index (χ3v) is 5.60. The molecular weight excluding hydrogens is 390 g/mol. The van der Waals surface area contributed by atoms with Gasteiger partial charge in [-0.3, -0.25) is 14.5 Å². The van der Waals surface area contributed by atoms with Gasteiger partial charge in [0.05, 0.1) is 15.4 Å². The second-order valence-corrected chi connectivity index (χ2v) is 8.12. The topological polar surface area (TPSA) is 75.4 Å². The third kappa shape index (κ3) is 4.03. The summed E-state index contributed by atoms with van der Waals surface area (Å²) < 4.78 is 0.924. The number of nitrogens with zero attached hydrogens (tertiary/aromatic N) is 1. The summed E-state index contributed by atoms with van der Waals surface area (Å²) in [6, 6.07) is 9.31. The molecule has 5 nitrogen and oxygen atoms in total. The quantitative estimate of drug-likeness (QED) is 0.798. The number of nitrogens with two attached hydrogens (primary N) is 1. The average molecular weight is 408 g/mol. The normalized spacial score (nSPS) is 17.8. The summed E-state index contributed by atoms with van der Waals surface area (Å²) in [4.78, 5) is 25.8. The van der Waals surface area contributed by atoms with E-state index in [1.807, 2.05) is 29.6 Å². The Bertz CT molecular complexity index is 762. The summed E-state index contributed by atoms with van der Waals surface area (Å²) in [5.41, 5.74) is 7.89. The molecule has 0 aliphatic carbocycles. The van der Waals surface area contributed by atoms with Gasteiger partial charge >= 0.3 is 0 Å². The van der Waals surface area contributed by atoms with E-state index < -0.39 is 0 Å². The van der Waals surface area contributed by atoms with Crippen molar-refractivity contribution in [3.8, 4) is 0 Å². The minimum atomic E-state index is -0.264. The first kappa shape index (κ1) is 17.1. The molecule has 3 rings (SSSR count). The number of anilines is 1. The van der Waals surface area contributed by atoms with E-state index in [1.165, 1.54) is 11.3 Å². The fourth-order valence-electron chi connectivity index (χ4n) is 2.95. The Labute approximate surface area is 153 Å². The lowest BCUT2D eigenvalue weighted by molar-refractivity contribution is -0.122. The molecule has 1 aliphatic heterocycles. The molecule has 3 N–H and O–H groups in total. The van der Waals surface area contributed by atoms with E-state index in [-0.39, 0.29) is 17.9 Å². The summed E-state index contributed by atoms with van der Waals surface area (Å²) >= 11 is 4.83. The molecular formula is C17H18BrN3O2S. The van der Waals surface area contributed by atoms with Crippen molar-refractivity contribution < 1.29 is 9.59 Å². The van der Waals surface area contributed by atoms with Gasteiger partial charge in [-0.25, -0.2) is 0 Å². The molecule has 1 saturated heterocycles. The predicted octanol–water partition coefficient (Wildman–Crippen LogP) is 3.21. The smallest absolute Gasteiger partial charge is 0.256 e. The Hall–Kier alpha value is -1.70. The molecule has 1 aromatic heterocycles. The van der Waals surface area contributed by atoms with Gasteiger partial charge in [-0.15, -0.1) is 11.3 Å². The number of hydrogen-bond acceptors (Lipinski definition) is 4. The molecule has 1 aromatic carbocycles. The van der Waals surface area contributed by atoms with Crippen LogP contribution in [0.25, 0.3) is 0 Å². The van der Waals surface area contributed by atoms with Crippen LogP contribution in [0.5, 0.6) is 0 Å². The Morgan fingerprint density at radius 3 is 2.92 bits per heavy atom. The van der Waals surface area contributed by atoms with E-state index in [9.17, 15) is 9.59 Å². The lowest BCUT2D eigenvalue weighted by atomic mass is 10.1. The van der Waals surface area contributed by atoms with Crippen LogP contribution in [0.4, 0.5) is 5.69 Å². The van der Waals surface area contributed by atoms with Gasteiger partial charge in [-0.1, -0.05) is 12.1 Å². The maximum absolute atomic E-state index is 12.2. The highest BCUT2D eigenvalue weighted by Gasteiger charge is 2.28. The lowest BCUT2D eigenvalue weighted by Crippen LogP contribution is -2.39. The number of primary amides is 1. The molecule has 1 fully saturated rings. The molecule has 0 saturated carbocycles. The van der Waals surface area contributed by atoms with Crippen LogP contribution in [0.3, 0.4) is 0 Å². The lowest BCUT2D eigenvalue weighted by Gasteiger charge is -2.22. The molecule has 126 valence electrons. The summed E-state index contributed by atoms with van der Waals surface area (Å²) in [7, 11) is 0. The SMILES string of the molecule is NC(=O)C1CCCN1Cc1cccc(NC(=O)c2csc(Br)c2)c1. The zero-order valence-corrected chi connectivity index (χ0v) is 15.4. The van der Waals surface area contributed by atoms with Crippen molar-refractivity contribution >= 4 is 44.8 Å². The van der Waals surface area contributed by atoms with E-state index in [0.29, 0.717) is 12.1 Å². The molecule has 2 heterocycles. The summed E-state index contributed by atoms with van der Waals surface area (Å²) in [5.74, 6) is -0.398. The Kier molecular flexibility index (Phi) is 5.33. The Balaban J connectivity index is 1.68. The average Bonchev–Trinajstić information content (AvgIpc) is 3.16. The fourth-order valence-corrected chi connectivity index (χ4v) is 4.09. The van der Waals surface area contributed by atoms with Crippen LogP contribution >= 0.6 is 27.3 Å². The highest BCUT2D eigenvalue weighted by molar-refractivity contribution is 9.11. The summed E-state index contributed by atoms with van der Waals surface area (Å²) in [6.45, 7) is 1.52. The third-order valence-electron chi connectivity index (χ3n) is 4.09. The van der Waals surface area contributed by atoms with Gasteiger partial charge in [-0.2, -0.15) is 0 Å². The zero-order chi connectivity index (χ0) is 17.1. The molecule has 0 radical (unpaired) electrons. The van der Waals surface area contributed by atoms with Crippen LogP contribution in [0.15, 0.2) is 39.5 Å². The number of thiophene rings is 1. The maximum Gasteiger partial charge on any atom is 0.256 e. The van der Waals surface area contributed by atoms with E-state index in [4.69, 9.17) is 5.73 Å². The van der Waals surface area contributed by atoms with Gasteiger partial charge in [0.1, 0.15) is 0 Å². The molecule has 24 heavy (non-hydrogen) atoms. The molecule has 0 spiro atoms. The number of amides is 2. The number of halogens is 1. The Morgan fingerprint density at radius 2 is 2.21 bits per heavy atom. The van der Waals surface area contributed by atoms with Gasteiger partial charge in [0, 0.05) is 17.6 Å². The first-order chi connectivity index (χ1) is 11.5. The molecule has 1 aliphatic rings. The number of carbonyl (C=O) groups excluding carboxylic acids is 2. The second kappa shape index (κ2) is 7.46. The monoisotopic (exact) mass is 407 g/mol. The van der Waals surface area contributed by atoms with Crippen molar-refractivity contribution in [1.82, 2.24) is 4.90 Å². The minimum absolute atomic E-state index is 0.134. The van der Waals surface area contributed by atoms with Gasteiger partial charge < -0.3 is 11.1 Å². The van der Waals surface area contributed by atoms with Crippen LogP contribution < -0.4 is 11.1 Å². The van der Waals surface area contributed by atoms with E-state index in [1.54, 1.807) is 6.07 Å². The van der Waals surface area contributed by atoms with Crippen molar-refractivity contribution in [2.75, 3.05) is 11.9 Å². The van der Waals surface area contributed by atoms with Crippen molar-refractivity contribution in [3.05, 3.63) is 50.6 Å². The van der Waals surface area contributed by atoms with Gasteiger partial charge in [0.15, 0.2) is 0 Å². The van der Waals surface area contributed by atoms with Crippen LogP contribution in [0, 0.1) is 0 Å². The molecule has 2 aromatic rings. The van der Waals surface area contributed by atoms with E-state index >= 15 is 0 Å². The van der Waals surface area contributed by atoms with E-state index in [2.05, 4.69) is 26.1 Å².